The predicted molar refractivity (Wildman–Crippen MR) is 315 cm³/mol. The summed E-state index contributed by atoms with van der Waals surface area (Å²) in [6, 6.07) is 15.2. The third-order valence-corrected chi connectivity index (χ3v) is 15.9. The summed E-state index contributed by atoms with van der Waals surface area (Å²) in [5, 5.41) is 102. The van der Waals surface area contributed by atoms with Crippen LogP contribution in [0.5, 0.6) is 11.5 Å². The molecule has 7 rings (SSSR count). The summed E-state index contributed by atoms with van der Waals surface area (Å²) < 4.78 is 11.9. The highest BCUT2D eigenvalue weighted by molar-refractivity contribution is 6.00. The number of rotatable bonds is 19. The van der Waals surface area contributed by atoms with E-state index in [1.807, 2.05) is 48.5 Å². The van der Waals surface area contributed by atoms with Gasteiger partial charge in [-0.25, -0.2) is 0 Å². The van der Waals surface area contributed by atoms with Crippen molar-refractivity contribution in [2.45, 2.75) is 158 Å². The van der Waals surface area contributed by atoms with Crippen LogP contribution >= 0.6 is 0 Å². The van der Waals surface area contributed by atoms with Gasteiger partial charge >= 0.3 is 0 Å². The predicted octanol–water partition coefficient (Wildman–Crippen LogP) is -0.164. The van der Waals surface area contributed by atoms with Crippen LogP contribution in [0.1, 0.15) is 94.7 Å². The van der Waals surface area contributed by atoms with Gasteiger partial charge < -0.3 is 92.4 Å². The topological polar surface area (TPSA) is 392 Å². The molecule has 0 aliphatic carbocycles. The van der Waals surface area contributed by atoms with Gasteiger partial charge in [-0.1, -0.05) is 87.4 Å². The maximum Gasteiger partial charge on any atom is 0.251 e. The fourth-order valence-corrected chi connectivity index (χ4v) is 10.8. The zero-order valence-corrected chi connectivity index (χ0v) is 49.1. The van der Waals surface area contributed by atoms with E-state index in [9.17, 15) is 74.4 Å². The second kappa shape index (κ2) is 30.9. The van der Waals surface area contributed by atoms with Crippen LogP contribution in [0, 0.1) is 5.92 Å². The first kappa shape index (κ1) is 66.9. The Morgan fingerprint density at radius 2 is 1.18 bits per heavy atom. The summed E-state index contributed by atoms with van der Waals surface area (Å²) in [5.74, 6) is -8.29. The number of hydrogen-bond acceptors (Lipinski definition) is 18. The second-order valence-electron chi connectivity index (χ2n) is 22.6. The number of carbonyl (C=O) groups excluding carboxylic acids is 7. The molecule has 0 saturated carbocycles. The maximum atomic E-state index is 14.7. The van der Waals surface area contributed by atoms with Crippen molar-refractivity contribution >= 4 is 41.4 Å². The summed E-state index contributed by atoms with van der Waals surface area (Å²) in [5.41, 5.74) is 9.19. The van der Waals surface area contributed by atoms with Gasteiger partial charge in [-0.05, 0) is 104 Å². The van der Waals surface area contributed by atoms with Crippen molar-refractivity contribution in [3.05, 3.63) is 108 Å². The standard InChI is InChI=1S/C62H82N8O17/c1-5-6-8-27-86-44-24-20-39(21-25-44)37-12-10-36(11-13-37)38-14-16-41(17-15-38)55(79)64-45-30-47(75)60(87-28-9-7-26-63)68-59(83)51-52(76)33(2)31-70(51)62(85)49(35(4)72)66-58(82)50(54(78)53(77)40-18-22-42(73)23-19-40)67-57(81)46-29-43(74)32-69(46)61(84)48(34(3)71)65-56(45)80/h10-25,33-35,43,45-54,60,71-78H,5-9,26-32,63H2,1-4H3,(H,64,79)(H,65,80)(H,66,82)(H,67,81)(H,68,83)/t33-,34-,35-,43+,45-,46-,47+,48-,49-,50-,51-,52-,53-,54-,60+/m0/s1. The normalized spacial score (nSPS) is 26.6. The minimum absolute atomic E-state index is 0.0412. The molecule has 15 atom stereocenters. The molecule has 3 fully saturated rings. The van der Waals surface area contributed by atoms with Crippen LogP contribution in [0.15, 0.2) is 97.1 Å². The number of nitrogens with two attached hydrogens (primary N) is 1. The number of carbonyl (C=O) groups is 7. The van der Waals surface area contributed by atoms with E-state index in [0.29, 0.717) is 19.4 Å². The number of nitrogens with one attached hydrogen (secondary N) is 5. The molecule has 25 heteroatoms. The number of benzene rings is 4. The summed E-state index contributed by atoms with van der Waals surface area (Å²) >= 11 is 0. The lowest BCUT2D eigenvalue weighted by molar-refractivity contribution is -0.149. The number of ether oxygens (including phenoxy) is 2. The Hall–Kier alpha value is -7.59. The summed E-state index contributed by atoms with van der Waals surface area (Å²) in [4.78, 5) is 104. The van der Waals surface area contributed by atoms with Crippen LogP contribution in [0.3, 0.4) is 0 Å². The van der Waals surface area contributed by atoms with E-state index in [4.69, 9.17) is 15.2 Å². The first-order valence-electron chi connectivity index (χ1n) is 29.5. The fraction of sp³-hybridized carbons (Fsp3) is 0.500. The van der Waals surface area contributed by atoms with Crippen molar-refractivity contribution in [1.29, 1.82) is 0 Å². The smallest absolute Gasteiger partial charge is 0.251 e. The number of fused-ring (bicyclic) bond motifs is 2. The molecular formula is C62H82N8O17. The number of unbranched alkanes of at least 4 members (excludes halogenated alkanes) is 3. The fourth-order valence-electron chi connectivity index (χ4n) is 10.8. The molecule has 4 aromatic carbocycles. The largest absolute Gasteiger partial charge is 0.508 e. The molecule has 3 saturated heterocycles. The molecule has 7 amide bonds. The monoisotopic (exact) mass is 1210 g/mol. The number of aliphatic hydroxyl groups excluding tert-OH is 7. The van der Waals surface area contributed by atoms with Crippen LogP contribution in [0.25, 0.3) is 22.3 Å². The minimum atomic E-state index is -2.29. The second-order valence-corrected chi connectivity index (χ2v) is 22.6. The molecular weight excluding hydrogens is 1130 g/mol. The Morgan fingerprint density at radius 1 is 0.644 bits per heavy atom. The zero-order valence-electron chi connectivity index (χ0n) is 49.1. The van der Waals surface area contributed by atoms with Crippen LogP contribution in [0.4, 0.5) is 0 Å². The molecule has 25 nitrogen and oxygen atoms in total. The van der Waals surface area contributed by atoms with E-state index >= 15 is 0 Å². The molecule has 0 bridgehead atoms. The van der Waals surface area contributed by atoms with Gasteiger partial charge in [0.25, 0.3) is 5.91 Å². The average molecular weight is 1210 g/mol. The van der Waals surface area contributed by atoms with Crippen LogP contribution < -0.4 is 37.1 Å². The van der Waals surface area contributed by atoms with Crippen molar-refractivity contribution in [2.24, 2.45) is 11.7 Å². The number of phenols is 1. The highest BCUT2D eigenvalue weighted by Crippen LogP contribution is 2.30. The van der Waals surface area contributed by atoms with Gasteiger partial charge in [0.05, 0.1) is 31.0 Å². The van der Waals surface area contributed by atoms with E-state index in [1.54, 1.807) is 12.1 Å². The lowest BCUT2D eigenvalue weighted by atomic mass is 9.96. The Morgan fingerprint density at radius 3 is 1.76 bits per heavy atom. The molecule has 0 aromatic heterocycles. The molecule has 3 aliphatic rings. The van der Waals surface area contributed by atoms with Gasteiger partial charge in [-0.2, -0.15) is 0 Å². The van der Waals surface area contributed by atoms with E-state index in [-0.39, 0.29) is 36.6 Å². The van der Waals surface area contributed by atoms with Gasteiger partial charge in [0, 0.05) is 44.0 Å². The molecule has 3 heterocycles. The lowest BCUT2D eigenvalue weighted by Gasteiger charge is -2.34. The van der Waals surface area contributed by atoms with Crippen molar-refractivity contribution in [1.82, 2.24) is 36.4 Å². The number of nitrogens with zero attached hydrogens (tertiary/aromatic N) is 2. The van der Waals surface area contributed by atoms with E-state index in [1.165, 1.54) is 43.3 Å². The average Bonchev–Trinajstić information content (AvgIpc) is 1.92. The van der Waals surface area contributed by atoms with E-state index < -0.39 is 152 Å². The lowest BCUT2D eigenvalue weighted by Crippen LogP contribution is -2.64. The van der Waals surface area contributed by atoms with Crippen LogP contribution in [-0.2, 0) is 33.5 Å². The summed E-state index contributed by atoms with van der Waals surface area (Å²) in [7, 11) is 0. The first-order valence-corrected chi connectivity index (χ1v) is 29.5. The quantitative estimate of drug-likeness (QED) is 0.0542. The molecule has 3 aliphatic heterocycles. The first-order chi connectivity index (χ1) is 41.5. The summed E-state index contributed by atoms with van der Waals surface area (Å²) in [6.07, 6.45) is -11.9. The van der Waals surface area contributed by atoms with Gasteiger partial charge in [0.15, 0.2) is 6.23 Å². The van der Waals surface area contributed by atoms with Gasteiger partial charge in [-0.15, -0.1) is 0 Å². The van der Waals surface area contributed by atoms with Gasteiger partial charge in [-0.3, -0.25) is 33.6 Å². The van der Waals surface area contributed by atoms with E-state index in [0.717, 1.165) is 70.9 Å². The van der Waals surface area contributed by atoms with Gasteiger partial charge in [0.2, 0.25) is 35.4 Å². The van der Waals surface area contributed by atoms with Crippen LogP contribution in [-0.4, -0.2) is 204 Å². The molecule has 0 spiro atoms. The SMILES string of the molecule is CCCCCOc1ccc(-c2ccc(-c3ccc(C(=O)N[C@H]4C[C@@H](O)[C@@H](OCCCCN)NC(=O)[C@@H]5[C@@H](O)[C@@H](C)CN5C(=O)[C@H]([C@H](C)O)NC(=O)[C@H]([C@H](O)[C@@H](O)c5ccc(O)cc5)NC(=O)[C@@H]5C[C@@H](O)CN5C(=O)[C@H]([C@H](C)O)NC4=O)cc3)cc2)cc1. The van der Waals surface area contributed by atoms with Crippen molar-refractivity contribution in [2.75, 3.05) is 32.8 Å². The summed E-state index contributed by atoms with van der Waals surface area (Å²) in [6.45, 7) is 5.71. The number of amides is 7. The zero-order chi connectivity index (χ0) is 63.2. The Labute approximate surface area is 504 Å². The maximum absolute atomic E-state index is 14.7. The molecule has 87 heavy (non-hydrogen) atoms. The third-order valence-electron chi connectivity index (χ3n) is 15.9. The van der Waals surface area contributed by atoms with Crippen molar-refractivity contribution in [3.63, 3.8) is 0 Å². The van der Waals surface area contributed by atoms with E-state index in [2.05, 4.69) is 33.5 Å². The molecule has 0 radical (unpaired) electrons. The molecule has 15 N–H and O–H groups in total. The Bertz CT molecular complexity index is 2970. The van der Waals surface area contributed by atoms with Crippen LogP contribution in [0.2, 0.25) is 0 Å². The van der Waals surface area contributed by atoms with Gasteiger partial charge in [0.1, 0.15) is 66.1 Å². The number of hydrogen-bond donors (Lipinski definition) is 14. The van der Waals surface area contributed by atoms with Crippen molar-refractivity contribution in [3.8, 4) is 33.8 Å². The van der Waals surface area contributed by atoms with Crippen molar-refractivity contribution < 1.29 is 83.9 Å². The third kappa shape index (κ3) is 16.9. The number of aromatic hydroxyl groups is 1. The highest BCUT2D eigenvalue weighted by Gasteiger charge is 2.50. The molecule has 0 unspecified atom stereocenters. The number of phenolic OH excluding ortho intramolecular Hbond substituents is 1. The highest BCUT2D eigenvalue weighted by atomic mass is 16.5. The Kier molecular flexibility index (Phi) is 23.7. The number of aliphatic hydroxyl groups is 7. The molecule has 4 aromatic rings. The molecule has 472 valence electrons. The Balaban J connectivity index is 1.22. The minimum Gasteiger partial charge on any atom is -0.508 e.